The lowest BCUT2D eigenvalue weighted by atomic mass is 9.95. The lowest BCUT2D eigenvalue weighted by Crippen LogP contribution is -2.20. The van der Waals surface area contributed by atoms with Crippen molar-refractivity contribution in [1.82, 2.24) is 4.98 Å². The van der Waals surface area contributed by atoms with E-state index in [0.29, 0.717) is 12.1 Å². The van der Waals surface area contributed by atoms with Crippen LogP contribution in [0.15, 0.2) is 18.3 Å². The Labute approximate surface area is 101 Å². The fraction of sp³-hybridized carbons (Fsp3) is 0.538. The van der Waals surface area contributed by atoms with Crippen LogP contribution in [0.3, 0.4) is 0 Å². The van der Waals surface area contributed by atoms with Crippen LogP contribution in [0.5, 0.6) is 0 Å². The van der Waals surface area contributed by atoms with Crippen LogP contribution in [-0.2, 0) is 6.42 Å². The second-order valence-corrected chi connectivity index (χ2v) is 4.38. The minimum atomic E-state index is -0.949. The Hall–Kier alpha value is -1.42. The van der Waals surface area contributed by atoms with Gasteiger partial charge in [-0.3, -0.25) is 4.98 Å². The number of nitrogens with zero attached hydrogens (tertiary/aromatic N) is 1. The molecule has 0 radical (unpaired) electrons. The number of carboxylic acids is 1. The molecule has 0 bridgehead atoms. The first-order valence-corrected chi connectivity index (χ1v) is 5.90. The van der Waals surface area contributed by atoms with Gasteiger partial charge in [-0.05, 0) is 30.9 Å². The molecule has 4 nitrogen and oxygen atoms in total. The Kier molecular flexibility index (Phi) is 5.10. The van der Waals surface area contributed by atoms with Crippen LogP contribution < -0.4 is 0 Å². The average molecular weight is 237 g/mol. The number of rotatable bonds is 6. The molecule has 0 aliphatic carbocycles. The maximum Gasteiger partial charge on any atom is 0.335 e. The number of aromatic carboxylic acids is 1. The Morgan fingerprint density at radius 3 is 2.82 bits per heavy atom. The quantitative estimate of drug-likeness (QED) is 0.795. The van der Waals surface area contributed by atoms with Gasteiger partial charge < -0.3 is 10.2 Å². The van der Waals surface area contributed by atoms with E-state index < -0.39 is 5.97 Å². The van der Waals surface area contributed by atoms with E-state index in [-0.39, 0.29) is 17.6 Å². The third kappa shape index (κ3) is 4.15. The first kappa shape index (κ1) is 13.6. The molecule has 0 aromatic carbocycles. The van der Waals surface area contributed by atoms with Crippen LogP contribution in [0, 0.1) is 5.92 Å². The predicted molar refractivity (Wildman–Crippen MR) is 65.0 cm³/mol. The van der Waals surface area contributed by atoms with Crippen LogP contribution in [0.2, 0.25) is 0 Å². The molecule has 1 heterocycles. The SMILES string of the molecule is CCCC(O)C(C)Cc1cc(C(=O)O)ccn1. The van der Waals surface area contributed by atoms with E-state index in [9.17, 15) is 9.90 Å². The largest absolute Gasteiger partial charge is 0.478 e. The van der Waals surface area contributed by atoms with Crippen LogP contribution in [0.25, 0.3) is 0 Å². The van der Waals surface area contributed by atoms with E-state index in [0.717, 1.165) is 12.8 Å². The Morgan fingerprint density at radius 1 is 1.53 bits per heavy atom. The van der Waals surface area contributed by atoms with E-state index in [1.165, 1.54) is 12.3 Å². The summed E-state index contributed by atoms with van der Waals surface area (Å²) >= 11 is 0. The molecule has 1 aromatic rings. The van der Waals surface area contributed by atoms with Crippen molar-refractivity contribution in [2.75, 3.05) is 0 Å². The molecule has 0 fully saturated rings. The van der Waals surface area contributed by atoms with Crippen molar-refractivity contribution in [2.45, 2.75) is 39.2 Å². The fourth-order valence-electron chi connectivity index (χ4n) is 1.77. The molecule has 94 valence electrons. The number of carboxylic acid groups (broad SMARTS) is 1. The third-order valence-corrected chi connectivity index (χ3v) is 2.84. The average Bonchev–Trinajstić information content (AvgIpc) is 2.29. The number of hydrogen-bond acceptors (Lipinski definition) is 3. The predicted octanol–water partition coefficient (Wildman–Crippen LogP) is 2.12. The molecule has 2 unspecified atom stereocenters. The normalized spacial score (nSPS) is 14.3. The molecule has 0 aliphatic heterocycles. The van der Waals surface area contributed by atoms with Gasteiger partial charge in [0.15, 0.2) is 0 Å². The number of pyridine rings is 1. The summed E-state index contributed by atoms with van der Waals surface area (Å²) in [6.45, 7) is 3.98. The molecular formula is C13H19NO3. The molecule has 0 saturated heterocycles. The van der Waals surface area contributed by atoms with Crippen LogP contribution in [0.4, 0.5) is 0 Å². The smallest absolute Gasteiger partial charge is 0.335 e. The van der Waals surface area contributed by atoms with Gasteiger partial charge in [0.2, 0.25) is 0 Å². The van der Waals surface area contributed by atoms with E-state index >= 15 is 0 Å². The lowest BCUT2D eigenvalue weighted by Gasteiger charge is -2.17. The summed E-state index contributed by atoms with van der Waals surface area (Å²) in [5, 5.41) is 18.7. The molecule has 1 aromatic heterocycles. The van der Waals surface area contributed by atoms with Crippen LogP contribution >= 0.6 is 0 Å². The van der Waals surface area contributed by atoms with Crippen molar-refractivity contribution in [3.05, 3.63) is 29.6 Å². The number of hydrogen-bond donors (Lipinski definition) is 2. The number of aliphatic hydroxyl groups is 1. The number of carbonyl (C=O) groups is 1. The van der Waals surface area contributed by atoms with Crippen molar-refractivity contribution in [2.24, 2.45) is 5.92 Å². The fourth-order valence-corrected chi connectivity index (χ4v) is 1.77. The highest BCUT2D eigenvalue weighted by atomic mass is 16.4. The summed E-state index contributed by atoms with van der Waals surface area (Å²) in [7, 11) is 0. The van der Waals surface area contributed by atoms with Crippen molar-refractivity contribution in [3.63, 3.8) is 0 Å². The molecule has 17 heavy (non-hydrogen) atoms. The maximum atomic E-state index is 10.8. The van der Waals surface area contributed by atoms with Gasteiger partial charge in [-0.25, -0.2) is 4.79 Å². The van der Waals surface area contributed by atoms with E-state index in [1.807, 2.05) is 13.8 Å². The van der Waals surface area contributed by atoms with Crippen molar-refractivity contribution < 1.29 is 15.0 Å². The lowest BCUT2D eigenvalue weighted by molar-refractivity contribution is 0.0696. The highest BCUT2D eigenvalue weighted by Gasteiger charge is 2.15. The minimum Gasteiger partial charge on any atom is -0.478 e. The van der Waals surface area contributed by atoms with Crippen molar-refractivity contribution in [3.8, 4) is 0 Å². The minimum absolute atomic E-state index is 0.0893. The molecule has 0 aliphatic rings. The van der Waals surface area contributed by atoms with Gasteiger partial charge in [-0.2, -0.15) is 0 Å². The molecule has 1 rings (SSSR count). The van der Waals surface area contributed by atoms with Gasteiger partial charge in [0, 0.05) is 11.9 Å². The molecule has 2 N–H and O–H groups in total. The monoisotopic (exact) mass is 237 g/mol. The number of aromatic nitrogens is 1. The third-order valence-electron chi connectivity index (χ3n) is 2.84. The maximum absolute atomic E-state index is 10.8. The first-order valence-electron chi connectivity index (χ1n) is 5.90. The van der Waals surface area contributed by atoms with Crippen LogP contribution in [-0.4, -0.2) is 27.3 Å². The summed E-state index contributed by atoms with van der Waals surface area (Å²) in [5.74, 6) is -0.859. The highest BCUT2D eigenvalue weighted by molar-refractivity contribution is 5.87. The zero-order chi connectivity index (χ0) is 12.8. The summed E-state index contributed by atoms with van der Waals surface area (Å²) in [4.78, 5) is 14.9. The summed E-state index contributed by atoms with van der Waals surface area (Å²) in [6, 6.07) is 3.04. The first-order chi connectivity index (χ1) is 8.04. The van der Waals surface area contributed by atoms with Crippen molar-refractivity contribution >= 4 is 5.97 Å². The summed E-state index contributed by atoms with van der Waals surface area (Å²) < 4.78 is 0. The Morgan fingerprint density at radius 2 is 2.24 bits per heavy atom. The second kappa shape index (κ2) is 6.35. The summed E-state index contributed by atoms with van der Waals surface area (Å²) in [6.07, 6.45) is 3.45. The molecule has 0 saturated carbocycles. The molecule has 0 spiro atoms. The Balaban J connectivity index is 2.68. The molecular weight excluding hydrogens is 218 g/mol. The molecule has 4 heteroatoms. The van der Waals surface area contributed by atoms with Crippen molar-refractivity contribution in [1.29, 1.82) is 0 Å². The molecule has 0 amide bonds. The van der Waals surface area contributed by atoms with Gasteiger partial charge in [0.25, 0.3) is 0 Å². The van der Waals surface area contributed by atoms with E-state index in [2.05, 4.69) is 4.98 Å². The molecule has 2 atom stereocenters. The van der Waals surface area contributed by atoms with Gasteiger partial charge in [-0.1, -0.05) is 20.3 Å². The van der Waals surface area contributed by atoms with Gasteiger partial charge >= 0.3 is 5.97 Å². The van der Waals surface area contributed by atoms with Gasteiger partial charge in [-0.15, -0.1) is 0 Å². The zero-order valence-corrected chi connectivity index (χ0v) is 10.3. The number of aliphatic hydroxyl groups excluding tert-OH is 1. The summed E-state index contributed by atoms with van der Waals surface area (Å²) in [5.41, 5.74) is 0.958. The standard InChI is InChI=1S/C13H19NO3/c1-3-4-12(15)9(2)7-11-8-10(13(16)17)5-6-14-11/h5-6,8-9,12,15H,3-4,7H2,1-2H3,(H,16,17). The zero-order valence-electron chi connectivity index (χ0n) is 10.3. The van der Waals surface area contributed by atoms with Gasteiger partial charge in [0.1, 0.15) is 0 Å². The van der Waals surface area contributed by atoms with E-state index in [4.69, 9.17) is 5.11 Å². The second-order valence-electron chi connectivity index (χ2n) is 4.38. The van der Waals surface area contributed by atoms with E-state index in [1.54, 1.807) is 6.07 Å². The Bertz CT molecular complexity index is 379. The topological polar surface area (TPSA) is 70.4 Å². The van der Waals surface area contributed by atoms with Crippen LogP contribution in [0.1, 0.15) is 42.7 Å². The highest BCUT2D eigenvalue weighted by Crippen LogP contribution is 2.15. The van der Waals surface area contributed by atoms with Gasteiger partial charge in [0.05, 0.1) is 11.7 Å².